The first-order valence-corrected chi connectivity index (χ1v) is 7.97. The van der Waals surface area contributed by atoms with E-state index < -0.39 is 0 Å². The molecular formula is C10H28Br2N6S2. The molecule has 0 unspecified atom stereocenters. The van der Waals surface area contributed by atoms with Gasteiger partial charge in [0.05, 0.1) is 13.1 Å². The summed E-state index contributed by atoms with van der Waals surface area (Å²) in [5.41, 5.74) is 21.5. The maximum atomic E-state index is 5.48. The smallest absolute Gasteiger partial charge is 0.301 e. The zero-order valence-corrected chi connectivity index (χ0v) is 16.9. The monoisotopic (exact) mass is 454 g/mol. The fraction of sp³-hybridized carbons (Fsp3) is 0.800. The van der Waals surface area contributed by atoms with Crippen molar-refractivity contribution in [3.63, 3.8) is 0 Å². The first kappa shape index (κ1) is 28.6. The lowest BCUT2D eigenvalue weighted by atomic mass is 10.8. The van der Waals surface area contributed by atoms with Crippen molar-refractivity contribution in [2.45, 2.75) is 13.8 Å². The standard InChI is InChI=1S/2C5H13N3S.2BrH/c2*1-2-8-5(7)9-4-3-6;;/h2*2-4,6H2,1H3,(H2,7,8);2*1H. The maximum Gasteiger partial charge on any atom is 0.301 e. The van der Waals surface area contributed by atoms with Crippen molar-refractivity contribution in [1.29, 1.82) is 0 Å². The molecule has 0 saturated heterocycles. The molecule has 0 heterocycles. The van der Waals surface area contributed by atoms with E-state index in [4.69, 9.17) is 22.9 Å². The van der Waals surface area contributed by atoms with Crippen LogP contribution in [0.4, 0.5) is 0 Å². The molecule has 0 aliphatic rings. The van der Waals surface area contributed by atoms with E-state index in [-0.39, 0.29) is 34.0 Å². The van der Waals surface area contributed by atoms with E-state index in [1.165, 1.54) is 0 Å². The second-order valence-corrected chi connectivity index (χ2v) is 5.34. The Labute approximate surface area is 151 Å². The Morgan fingerprint density at radius 1 is 0.800 bits per heavy atom. The minimum Gasteiger partial charge on any atom is -1.00 e. The number of thioether (sulfide) groups is 2. The SMILES string of the molecule is CC[NH+]=C(N)SCCN.CC[NH+]=C(N)SCCN.[Br-].[Br-]. The molecule has 0 spiro atoms. The number of hydrogen-bond donors (Lipinski definition) is 6. The minimum atomic E-state index is 0. The van der Waals surface area contributed by atoms with E-state index in [0.717, 1.165) is 34.9 Å². The normalized spacial score (nSPS) is 10.8. The van der Waals surface area contributed by atoms with E-state index in [9.17, 15) is 0 Å². The van der Waals surface area contributed by atoms with Crippen LogP contribution in [0, 0.1) is 0 Å². The lowest BCUT2D eigenvalue weighted by Gasteiger charge is -1.89. The van der Waals surface area contributed by atoms with Crippen LogP contribution in [-0.4, -0.2) is 48.0 Å². The highest BCUT2D eigenvalue weighted by Gasteiger charge is 1.95. The van der Waals surface area contributed by atoms with Gasteiger partial charge in [0.25, 0.3) is 0 Å². The Balaban J connectivity index is -0.000000116. The van der Waals surface area contributed by atoms with Crippen molar-refractivity contribution in [2.24, 2.45) is 22.9 Å². The van der Waals surface area contributed by atoms with Crippen LogP contribution in [0.15, 0.2) is 0 Å². The second kappa shape index (κ2) is 24.5. The van der Waals surface area contributed by atoms with E-state index in [0.29, 0.717) is 13.1 Å². The third-order valence-corrected chi connectivity index (χ3v) is 3.24. The summed E-state index contributed by atoms with van der Waals surface area (Å²) >= 11 is 3.12. The molecule has 6 nitrogen and oxygen atoms in total. The van der Waals surface area contributed by atoms with Gasteiger partial charge in [-0.2, -0.15) is 0 Å². The van der Waals surface area contributed by atoms with E-state index in [1.807, 2.05) is 13.8 Å². The van der Waals surface area contributed by atoms with Gasteiger partial charge in [0.1, 0.15) is 0 Å². The van der Waals surface area contributed by atoms with Crippen LogP contribution in [0.1, 0.15) is 13.8 Å². The maximum absolute atomic E-state index is 5.48. The molecule has 10 heteroatoms. The highest BCUT2D eigenvalue weighted by atomic mass is 79.9. The molecular weight excluding hydrogens is 428 g/mol. The summed E-state index contributed by atoms with van der Waals surface area (Å²) in [6.45, 7) is 7.13. The van der Waals surface area contributed by atoms with Gasteiger partial charge in [0.15, 0.2) is 0 Å². The molecule has 0 radical (unpaired) electrons. The van der Waals surface area contributed by atoms with Gasteiger partial charge in [0.2, 0.25) is 0 Å². The first-order chi connectivity index (χ1) is 8.62. The van der Waals surface area contributed by atoms with Crippen LogP contribution in [0.2, 0.25) is 0 Å². The molecule has 0 aromatic rings. The second-order valence-electron chi connectivity index (χ2n) is 3.06. The molecule has 0 rings (SSSR count). The number of hydrogen-bond acceptors (Lipinski definition) is 4. The van der Waals surface area contributed by atoms with Crippen LogP contribution in [0.25, 0.3) is 0 Å². The Morgan fingerprint density at radius 2 is 1.10 bits per heavy atom. The summed E-state index contributed by atoms with van der Waals surface area (Å²) in [4.78, 5) is 5.96. The fourth-order valence-electron chi connectivity index (χ4n) is 0.788. The first-order valence-electron chi connectivity index (χ1n) is 6.00. The summed E-state index contributed by atoms with van der Waals surface area (Å²) in [6.07, 6.45) is 0. The van der Waals surface area contributed by atoms with Gasteiger partial charge in [0, 0.05) is 24.6 Å². The van der Waals surface area contributed by atoms with Gasteiger partial charge >= 0.3 is 10.3 Å². The molecule has 0 aromatic carbocycles. The average molecular weight is 456 g/mol. The lowest BCUT2D eigenvalue weighted by molar-refractivity contribution is -0.450. The summed E-state index contributed by atoms with van der Waals surface area (Å²) in [5, 5.41) is 1.53. The van der Waals surface area contributed by atoms with E-state index in [1.54, 1.807) is 23.5 Å². The zero-order valence-electron chi connectivity index (χ0n) is 12.1. The Kier molecular flexibility index (Phi) is 35.1. The highest BCUT2D eigenvalue weighted by molar-refractivity contribution is 8.13. The predicted molar refractivity (Wildman–Crippen MR) is 84.4 cm³/mol. The number of amidine groups is 2. The average Bonchev–Trinajstić information content (AvgIpc) is 2.35. The number of rotatable bonds is 6. The molecule has 0 atom stereocenters. The fourth-order valence-corrected chi connectivity index (χ4v) is 1.96. The molecule has 0 amide bonds. The van der Waals surface area contributed by atoms with E-state index >= 15 is 0 Å². The largest absolute Gasteiger partial charge is 1.00 e. The van der Waals surface area contributed by atoms with Crippen molar-refractivity contribution < 1.29 is 43.9 Å². The van der Waals surface area contributed by atoms with Crippen molar-refractivity contribution in [3.8, 4) is 0 Å². The molecule has 10 N–H and O–H groups in total. The summed E-state index contributed by atoms with van der Waals surface area (Å²) < 4.78 is 0. The minimum absolute atomic E-state index is 0. The number of nitrogens with two attached hydrogens (primary N) is 4. The van der Waals surface area contributed by atoms with E-state index in [2.05, 4.69) is 9.98 Å². The molecule has 124 valence electrons. The van der Waals surface area contributed by atoms with Crippen molar-refractivity contribution in [2.75, 3.05) is 37.7 Å². The van der Waals surface area contributed by atoms with Crippen LogP contribution < -0.4 is 66.9 Å². The third-order valence-electron chi connectivity index (χ3n) is 1.45. The molecule has 0 aliphatic carbocycles. The third kappa shape index (κ3) is 27.0. The van der Waals surface area contributed by atoms with Gasteiger partial charge in [-0.1, -0.05) is 0 Å². The molecule has 0 saturated carbocycles. The summed E-state index contributed by atoms with van der Waals surface area (Å²) in [7, 11) is 0. The van der Waals surface area contributed by atoms with Crippen LogP contribution >= 0.6 is 23.5 Å². The molecule has 0 bridgehead atoms. The van der Waals surface area contributed by atoms with Crippen molar-refractivity contribution >= 4 is 33.9 Å². The van der Waals surface area contributed by atoms with Gasteiger partial charge < -0.3 is 45.4 Å². The van der Waals surface area contributed by atoms with Gasteiger partial charge in [-0.25, -0.2) is 0 Å². The van der Waals surface area contributed by atoms with Gasteiger partial charge in [-0.3, -0.25) is 21.5 Å². The predicted octanol–water partition coefficient (Wildman–Crippen LogP) is -9.81. The molecule has 20 heavy (non-hydrogen) atoms. The topological polar surface area (TPSA) is 132 Å². The molecule has 0 aliphatic heterocycles. The van der Waals surface area contributed by atoms with Crippen molar-refractivity contribution in [1.82, 2.24) is 0 Å². The van der Waals surface area contributed by atoms with Crippen molar-refractivity contribution in [3.05, 3.63) is 0 Å². The Morgan fingerprint density at radius 3 is 1.30 bits per heavy atom. The van der Waals surface area contributed by atoms with Gasteiger partial charge in [-0.05, 0) is 37.4 Å². The summed E-state index contributed by atoms with van der Waals surface area (Å²) in [5.74, 6) is 1.78. The highest BCUT2D eigenvalue weighted by Crippen LogP contribution is 1.91. The Hall–Kier alpha value is 0.520. The molecule has 0 fully saturated rings. The lowest BCUT2D eigenvalue weighted by Crippen LogP contribution is -3.00. The summed E-state index contributed by atoms with van der Waals surface area (Å²) in [6, 6.07) is 0. The Bertz CT molecular complexity index is 218. The number of nitrogens with one attached hydrogen (secondary N) is 2. The zero-order chi connectivity index (χ0) is 14.2. The van der Waals surface area contributed by atoms with Crippen LogP contribution in [-0.2, 0) is 0 Å². The quantitative estimate of drug-likeness (QED) is 0.174. The van der Waals surface area contributed by atoms with Gasteiger partial charge in [-0.15, -0.1) is 0 Å². The van der Waals surface area contributed by atoms with Crippen LogP contribution in [0.3, 0.4) is 0 Å². The molecule has 0 aromatic heterocycles. The van der Waals surface area contributed by atoms with Crippen LogP contribution in [0.5, 0.6) is 0 Å². The number of halogens is 2.